The average Bonchev–Trinajstić information content (AvgIpc) is 3.48. The molecule has 0 aromatic carbocycles. The summed E-state index contributed by atoms with van der Waals surface area (Å²) in [5.74, 6) is 1.02. The smallest absolute Gasteiger partial charge is 0.211 e. The third-order valence-corrected chi connectivity index (χ3v) is 7.48. The van der Waals surface area contributed by atoms with E-state index in [1.807, 2.05) is 6.07 Å². The van der Waals surface area contributed by atoms with E-state index in [9.17, 15) is 13.5 Å². The summed E-state index contributed by atoms with van der Waals surface area (Å²) in [5, 5.41) is 11.0. The Kier molecular flexibility index (Phi) is 5.61. The van der Waals surface area contributed by atoms with E-state index in [0.717, 1.165) is 31.7 Å². The molecule has 1 N–H and O–H groups in total. The molecular formula is C19H31N5O3S. The van der Waals surface area contributed by atoms with Crippen molar-refractivity contribution in [1.29, 1.82) is 0 Å². The summed E-state index contributed by atoms with van der Waals surface area (Å²) >= 11 is 0. The van der Waals surface area contributed by atoms with E-state index in [0.29, 0.717) is 38.0 Å². The molecule has 1 atom stereocenters. The third-order valence-electron chi connectivity index (χ3n) is 6.23. The zero-order valence-electron chi connectivity index (χ0n) is 16.6. The first-order valence-electron chi connectivity index (χ1n) is 10.3. The van der Waals surface area contributed by atoms with Gasteiger partial charge in [0.2, 0.25) is 10.0 Å². The number of aromatic nitrogens is 2. The van der Waals surface area contributed by atoms with Crippen LogP contribution in [0.5, 0.6) is 0 Å². The van der Waals surface area contributed by atoms with Crippen LogP contribution in [0.4, 0.5) is 5.82 Å². The standard InChI is InChI=1S/C19H31N5O3S/c1-28(26,27)23-10-2-8-19(25,14-23)13-22-11-6-17(7-12-22)24(16-3-4-16)18-5-9-20-15-21-18/h5,9,15-17,25H,2-4,6-8,10-14H2,1H3. The Bertz CT molecular complexity index is 765. The molecular weight excluding hydrogens is 378 g/mol. The molecule has 0 bridgehead atoms. The SMILES string of the molecule is CS(=O)(=O)N1CCCC(O)(CN2CCC(N(c3ccncn3)C3CC3)CC2)C1. The molecule has 1 aliphatic carbocycles. The molecule has 2 saturated heterocycles. The number of sulfonamides is 1. The molecule has 1 saturated carbocycles. The summed E-state index contributed by atoms with van der Waals surface area (Å²) in [6, 6.07) is 3.05. The molecule has 4 rings (SSSR count). The van der Waals surface area contributed by atoms with E-state index in [-0.39, 0.29) is 6.54 Å². The maximum absolute atomic E-state index is 11.9. The molecule has 3 fully saturated rings. The van der Waals surface area contributed by atoms with Crippen LogP contribution in [0.15, 0.2) is 18.6 Å². The van der Waals surface area contributed by atoms with Crippen molar-refractivity contribution < 1.29 is 13.5 Å². The molecule has 1 aromatic rings. The first-order chi connectivity index (χ1) is 13.3. The van der Waals surface area contributed by atoms with E-state index in [4.69, 9.17) is 0 Å². The molecule has 8 nitrogen and oxygen atoms in total. The van der Waals surface area contributed by atoms with Crippen molar-refractivity contribution in [2.24, 2.45) is 0 Å². The maximum Gasteiger partial charge on any atom is 0.211 e. The molecule has 156 valence electrons. The van der Waals surface area contributed by atoms with Crippen LogP contribution in [-0.4, -0.2) is 89.4 Å². The van der Waals surface area contributed by atoms with Crippen LogP contribution in [0, 0.1) is 0 Å². The molecule has 0 spiro atoms. The number of rotatable bonds is 6. The van der Waals surface area contributed by atoms with Gasteiger partial charge in [-0.3, -0.25) is 0 Å². The molecule has 2 aliphatic heterocycles. The minimum absolute atomic E-state index is 0.209. The fourth-order valence-electron chi connectivity index (χ4n) is 4.72. The second-order valence-electron chi connectivity index (χ2n) is 8.64. The summed E-state index contributed by atoms with van der Waals surface area (Å²) in [4.78, 5) is 13.3. The molecule has 0 amide bonds. The Hall–Kier alpha value is -1.29. The van der Waals surface area contributed by atoms with Crippen molar-refractivity contribution in [1.82, 2.24) is 19.2 Å². The third kappa shape index (κ3) is 4.64. The van der Waals surface area contributed by atoms with E-state index < -0.39 is 15.6 Å². The number of hydrogen-bond donors (Lipinski definition) is 1. The lowest BCUT2D eigenvalue weighted by Gasteiger charge is -2.44. The largest absolute Gasteiger partial charge is 0.387 e. The van der Waals surface area contributed by atoms with E-state index in [2.05, 4.69) is 19.8 Å². The Balaban J connectivity index is 1.35. The summed E-state index contributed by atoms with van der Waals surface area (Å²) in [7, 11) is -3.25. The van der Waals surface area contributed by atoms with Crippen molar-refractivity contribution in [2.75, 3.05) is 43.9 Å². The van der Waals surface area contributed by atoms with Gasteiger partial charge >= 0.3 is 0 Å². The molecule has 1 aromatic heterocycles. The van der Waals surface area contributed by atoms with Crippen molar-refractivity contribution >= 4 is 15.8 Å². The maximum atomic E-state index is 11.9. The van der Waals surface area contributed by atoms with Crippen LogP contribution in [0.2, 0.25) is 0 Å². The zero-order valence-corrected chi connectivity index (χ0v) is 17.4. The van der Waals surface area contributed by atoms with Crippen molar-refractivity contribution in [3.8, 4) is 0 Å². The molecule has 9 heteroatoms. The van der Waals surface area contributed by atoms with Crippen LogP contribution in [-0.2, 0) is 10.0 Å². The topological polar surface area (TPSA) is 89.9 Å². The van der Waals surface area contributed by atoms with Crippen molar-refractivity contribution in [3.05, 3.63) is 18.6 Å². The van der Waals surface area contributed by atoms with Crippen LogP contribution < -0.4 is 4.90 Å². The Labute approximate surface area is 167 Å². The van der Waals surface area contributed by atoms with Crippen molar-refractivity contribution in [2.45, 2.75) is 56.2 Å². The number of hydrogen-bond acceptors (Lipinski definition) is 7. The number of piperidine rings is 2. The molecule has 3 heterocycles. The number of likely N-dealkylation sites (tertiary alicyclic amines) is 1. The predicted molar refractivity (Wildman–Crippen MR) is 108 cm³/mol. The van der Waals surface area contributed by atoms with Crippen LogP contribution in [0.25, 0.3) is 0 Å². The summed E-state index contributed by atoms with van der Waals surface area (Å²) < 4.78 is 25.2. The van der Waals surface area contributed by atoms with Crippen LogP contribution >= 0.6 is 0 Å². The first kappa shape index (κ1) is 20.0. The van der Waals surface area contributed by atoms with Gasteiger partial charge in [0, 0.05) is 51.0 Å². The lowest BCUT2D eigenvalue weighted by atomic mass is 9.92. The second-order valence-corrected chi connectivity index (χ2v) is 10.6. The second kappa shape index (κ2) is 7.85. The fraction of sp³-hybridized carbons (Fsp3) is 0.789. The van der Waals surface area contributed by atoms with E-state index in [1.54, 1.807) is 12.5 Å². The molecule has 28 heavy (non-hydrogen) atoms. The number of aliphatic hydroxyl groups is 1. The Morgan fingerprint density at radius 1 is 1.21 bits per heavy atom. The highest BCUT2D eigenvalue weighted by Crippen LogP contribution is 2.35. The summed E-state index contributed by atoms with van der Waals surface area (Å²) in [6.45, 7) is 3.10. The van der Waals surface area contributed by atoms with Gasteiger partial charge in [-0.05, 0) is 44.6 Å². The van der Waals surface area contributed by atoms with E-state index >= 15 is 0 Å². The summed E-state index contributed by atoms with van der Waals surface area (Å²) in [5.41, 5.74) is -0.947. The lowest BCUT2D eigenvalue weighted by molar-refractivity contribution is -0.0387. The summed E-state index contributed by atoms with van der Waals surface area (Å²) in [6.07, 6.45) is 10.5. The van der Waals surface area contributed by atoms with E-state index in [1.165, 1.54) is 23.4 Å². The molecule has 1 unspecified atom stereocenters. The van der Waals surface area contributed by atoms with Gasteiger partial charge in [-0.1, -0.05) is 0 Å². The van der Waals surface area contributed by atoms with Gasteiger partial charge in [-0.15, -0.1) is 0 Å². The van der Waals surface area contributed by atoms with Gasteiger partial charge in [-0.25, -0.2) is 18.4 Å². The lowest BCUT2D eigenvalue weighted by Crippen LogP contribution is -2.57. The highest BCUT2D eigenvalue weighted by Gasteiger charge is 2.40. The highest BCUT2D eigenvalue weighted by atomic mass is 32.2. The Morgan fingerprint density at radius 3 is 2.54 bits per heavy atom. The van der Waals surface area contributed by atoms with Gasteiger partial charge in [0.15, 0.2) is 0 Å². The minimum atomic E-state index is -3.25. The van der Waals surface area contributed by atoms with Crippen LogP contribution in [0.1, 0.15) is 38.5 Å². The number of nitrogens with zero attached hydrogens (tertiary/aromatic N) is 5. The van der Waals surface area contributed by atoms with Crippen LogP contribution in [0.3, 0.4) is 0 Å². The highest BCUT2D eigenvalue weighted by molar-refractivity contribution is 7.88. The van der Waals surface area contributed by atoms with Gasteiger partial charge in [0.25, 0.3) is 0 Å². The number of β-amino-alcohol motifs (C(OH)–C–C–N with tert-alkyl or cyclic N) is 1. The monoisotopic (exact) mass is 409 g/mol. The minimum Gasteiger partial charge on any atom is -0.387 e. The van der Waals surface area contributed by atoms with Gasteiger partial charge < -0.3 is 14.9 Å². The van der Waals surface area contributed by atoms with Gasteiger partial charge in [-0.2, -0.15) is 4.31 Å². The average molecular weight is 410 g/mol. The van der Waals surface area contributed by atoms with Gasteiger partial charge in [0.05, 0.1) is 11.9 Å². The fourth-order valence-corrected chi connectivity index (χ4v) is 5.65. The first-order valence-corrected chi connectivity index (χ1v) is 12.1. The quantitative estimate of drug-likeness (QED) is 0.739. The number of anilines is 1. The van der Waals surface area contributed by atoms with Gasteiger partial charge in [0.1, 0.15) is 12.1 Å². The molecule has 3 aliphatic rings. The Morgan fingerprint density at radius 2 is 1.93 bits per heavy atom. The zero-order chi connectivity index (χ0) is 19.8. The van der Waals surface area contributed by atoms with Crippen molar-refractivity contribution in [3.63, 3.8) is 0 Å². The predicted octanol–water partition coefficient (Wildman–Crippen LogP) is 0.696. The molecule has 0 radical (unpaired) electrons. The normalized spacial score (nSPS) is 28.4.